The average Bonchev–Trinajstić information content (AvgIpc) is 2.71. The highest BCUT2D eigenvalue weighted by atomic mass is 35.5. The van der Waals surface area contributed by atoms with Gasteiger partial charge in [0.2, 0.25) is 0 Å². The quantitative estimate of drug-likeness (QED) is 0.816. The zero-order valence-corrected chi connectivity index (χ0v) is 9.37. The first-order valence-corrected chi connectivity index (χ1v) is 5.41. The molecule has 86 valence electrons. The summed E-state index contributed by atoms with van der Waals surface area (Å²) in [5, 5.41) is 12.7. The smallest absolute Gasteiger partial charge is 0.311 e. The van der Waals surface area contributed by atoms with Gasteiger partial charge in [0.05, 0.1) is 23.5 Å². The topological polar surface area (TPSA) is 75.1 Å². The van der Waals surface area contributed by atoms with Gasteiger partial charge in [-0.3, -0.25) is 9.78 Å². The maximum atomic E-state index is 11.3. The maximum Gasteiger partial charge on any atom is 0.311 e. The number of nitrogens with one attached hydrogen (secondary N) is 1. The third kappa shape index (κ3) is 2.15. The summed E-state index contributed by atoms with van der Waals surface area (Å²) in [6.45, 7) is 1.21. The minimum atomic E-state index is -0.783. The van der Waals surface area contributed by atoms with Gasteiger partial charge in [0.15, 0.2) is 0 Å². The number of hydrogen-bond acceptors (Lipinski definition) is 4. The van der Waals surface area contributed by atoms with E-state index >= 15 is 0 Å². The predicted octanol–water partition coefficient (Wildman–Crippen LogP) is 0.737. The molecule has 1 aliphatic heterocycles. The molecule has 1 aromatic rings. The Balaban J connectivity index is 2.18. The number of nitrogens with zero attached hydrogens (tertiary/aromatic N) is 2. The van der Waals surface area contributed by atoms with E-state index in [-0.39, 0.29) is 0 Å². The number of carboxylic acid groups (broad SMARTS) is 1. The van der Waals surface area contributed by atoms with Gasteiger partial charge < -0.3 is 10.4 Å². The summed E-state index contributed by atoms with van der Waals surface area (Å²) in [6.07, 6.45) is 3.98. The first-order valence-electron chi connectivity index (χ1n) is 5.03. The van der Waals surface area contributed by atoms with Crippen LogP contribution in [0.2, 0.25) is 5.15 Å². The Morgan fingerprint density at radius 3 is 2.88 bits per heavy atom. The molecule has 0 amide bonds. The van der Waals surface area contributed by atoms with Gasteiger partial charge in [-0.1, -0.05) is 11.6 Å². The van der Waals surface area contributed by atoms with Gasteiger partial charge >= 0.3 is 5.97 Å². The van der Waals surface area contributed by atoms with Gasteiger partial charge in [0.1, 0.15) is 5.15 Å². The minimum absolute atomic E-state index is 0.317. The summed E-state index contributed by atoms with van der Waals surface area (Å²) in [4.78, 5) is 19.3. The van der Waals surface area contributed by atoms with Gasteiger partial charge in [-0.2, -0.15) is 0 Å². The predicted molar refractivity (Wildman–Crippen MR) is 58.3 cm³/mol. The van der Waals surface area contributed by atoms with E-state index in [1.807, 2.05) is 0 Å². The molecule has 1 fully saturated rings. The second-order valence-corrected chi connectivity index (χ2v) is 4.41. The standard InChI is InChI=1S/C10H12ClN3O2/c11-8-5-13-7(4-14-8)3-10(9(15)16)1-2-12-6-10/h4-5,12H,1-3,6H2,(H,15,16). The Hall–Kier alpha value is -1.20. The van der Waals surface area contributed by atoms with E-state index in [0.29, 0.717) is 30.2 Å². The number of rotatable bonds is 3. The van der Waals surface area contributed by atoms with Crippen LogP contribution in [-0.4, -0.2) is 34.1 Å². The Kier molecular flexibility index (Phi) is 3.07. The second-order valence-electron chi connectivity index (χ2n) is 4.02. The molecule has 0 bridgehead atoms. The van der Waals surface area contributed by atoms with Crippen LogP contribution in [0.15, 0.2) is 12.4 Å². The second kappa shape index (κ2) is 4.35. The molecule has 0 radical (unpaired) electrons. The van der Waals surface area contributed by atoms with E-state index in [0.717, 1.165) is 6.54 Å². The molecule has 1 aromatic heterocycles. The average molecular weight is 242 g/mol. The van der Waals surface area contributed by atoms with Crippen LogP contribution in [0.1, 0.15) is 12.1 Å². The maximum absolute atomic E-state index is 11.3. The Morgan fingerprint density at radius 2 is 2.38 bits per heavy atom. The van der Waals surface area contributed by atoms with Gasteiger partial charge in [0.25, 0.3) is 0 Å². The summed E-state index contributed by atoms with van der Waals surface area (Å²) in [7, 11) is 0. The zero-order valence-electron chi connectivity index (χ0n) is 8.61. The molecule has 6 heteroatoms. The fourth-order valence-corrected chi connectivity index (χ4v) is 2.03. The van der Waals surface area contributed by atoms with E-state index in [4.69, 9.17) is 11.6 Å². The molecule has 1 saturated heterocycles. The van der Waals surface area contributed by atoms with Crippen molar-refractivity contribution in [3.63, 3.8) is 0 Å². The fourth-order valence-electron chi connectivity index (χ4n) is 1.93. The number of aromatic nitrogens is 2. The van der Waals surface area contributed by atoms with E-state index in [1.54, 1.807) is 0 Å². The highest BCUT2D eigenvalue weighted by Gasteiger charge is 2.41. The van der Waals surface area contributed by atoms with Crippen LogP contribution >= 0.6 is 11.6 Å². The molecule has 5 nitrogen and oxygen atoms in total. The fraction of sp³-hybridized carbons (Fsp3) is 0.500. The summed E-state index contributed by atoms with van der Waals surface area (Å²) in [5.41, 5.74) is -0.0850. The van der Waals surface area contributed by atoms with Gasteiger partial charge in [0, 0.05) is 13.0 Å². The normalized spacial score (nSPS) is 24.6. The molecule has 1 atom stereocenters. The minimum Gasteiger partial charge on any atom is -0.481 e. The van der Waals surface area contributed by atoms with Crippen molar-refractivity contribution in [1.29, 1.82) is 0 Å². The summed E-state index contributed by atoms with van der Waals surface area (Å²) in [5.74, 6) is -0.783. The largest absolute Gasteiger partial charge is 0.481 e. The highest BCUT2D eigenvalue weighted by molar-refractivity contribution is 6.29. The van der Waals surface area contributed by atoms with Crippen molar-refractivity contribution in [3.8, 4) is 0 Å². The number of aliphatic carboxylic acids is 1. The van der Waals surface area contributed by atoms with E-state index in [2.05, 4.69) is 15.3 Å². The van der Waals surface area contributed by atoms with Crippen molar-refractivity contribution in [2.45, 2.75) is 12.8 Å². The van der Waals surface area contributed by atoms with Crippen LogP contribution in [-0.2, 0) is 11.2 Å². The number of carboxylic acids is 1. The van der Waals surface area contributed by atoms with Crippen molar-refractivity contribution in [2.75, 3.05) is 13.1 Å². The van der Waals surface area contributed by atoms with Crippen molar-refractivity contribution in [3.05, 3.63) is 23.2 Å². The van der Waals surface area contributed by atoms with Crippen LogP contribution in [0.5, 0.6) is 0 Å². The zero-order chi connectivity index (χ0) is 11.6. The number of halogens is 1. The van der Waals surface area contributed by atoms with E-state index in [9.17, 15) is 9.90 Å². The lowest BCUT2D eigenvalue weighted by Gasteiger charge is -2.21. The lowest BCUT2D eigenvalue weighted by molar-refractivity contribution is -0.147. The molecule has 16 heavy (non-hydrogen) atoms. The lowest BCUT2D eigenvalue weighted by Crippen LogP contribution is -2.35. The molecule has 1 aliphatic rings. The van der Waals surface area contributed by atoms with Crippen molar-refractivity contribution >= 4 is 17.6 Å². The Morgan fingerprint density at radius 1 is 1.56 bits per heavy atom. The van der Waals surface area contributed by atoms with E-state index in [1.165, 1.54) is 12.4 Å². The van der Waals surface area contributed by atoms with Crippen molar-refractivity contribution in [1.82, 2.24) is 15.3 Å². The molecule has 0 spiro atoms. The third-order valence-electron chi connectivity index (χ3n) is 2.89. The SMILES string of the molecule is O=C(O)C1(Cc2cnc(Cl)cn2)CCNC1. The third-order valence-corrected chi connectivity index (χ3v) is 3.09. The summed E-state index contributed by atoms with van der Waals surface area (Å²) in [6, 6.07) is 0. The van der Waals surface area contributed by atoms with Crippen molar-refractivity contribution < 1.29 is 9.90 Å². The Labute approximate surface area is 97.9 Å². The molecular formula is C10H12ClN3O2. The summed E-state index contributed by atoms with van der Waals surface area (Å²) < 4.78 is 0. The molecule has 0 saturated carbocycles. The molecule has 0 aromatic carbocycles. The van der Waals surface area contributed by atoms with Crippen molar-refractivity contribution in [2.24, 2.45) is 5.41 Å². The van der Waals surface area contributed by atoms with Crippen LogP contribution in [0.25, 0.3) is 0 Å². The Bertz CT molecular complexity index is 388. The molecule has 1 unspecified atom stereocenters. The van der Waals surface area contributed by atoms with Crippen LogP contribution < -0.4 is 5.32 Å². The number of carbonyl (C=O) groups is 1. The molecule has 2 N–H and O–H groups in total. The first kappa shape index (κ1) is 11.3. The van der Waals surface area contributed by atoms with Gasteiger partial charge in [-0.15, -0.1) is 0 Å². The van der Waals surface area contributed by atoms with Crippen LogP contribution in [0.3, 0.4) is 0 Å². The molecule has 2 rings (SSSR count). The first-order chi connectivity index (χ1) is 7.62. The highest BCUT2D eigenvalue weighted by Crippen LogP contribution is 2.29. The molecule has 2 heterocycles. The lowest BCUT2D eigenvalue weighted by atomic mass is 9.82. The van der Waals surface area contributed by atoms with Crippen LogP contribution in [0, 0.1) is 5.41 Å². The van der Waals surface area contributed by atoms with E-state index < -0.39 is 11.4 Å². The van der Waals surface area contributed by atoms with Crippen LogP contribution in [0.4, 0.5) is 0 Å². The molecule has 0 aliphatic carbocycles. The summed E-state index contributed by atoms with van der Waals surface area (Å²) >= 11 is 5.62. The number of hydrogen-bond donors (Lipinski definition) is 2. The molecular weight excluding hydrogens is 230 g/mol. The van der Waals surface area contributed by atoms with Gasteiger partial charge in [-0.05, 0) is 13.0 Å². The monoisotopic (exact) mass is 241 g/mol. The van der Waals surface area contributed by atoms with Gasteiger partial charge in [-0.25, -0.2) is 4.98 Å².